The van der Waals surface area contributed by atoms with Crippen LogP contribution in [0.1, 0.15) is 13.8 Å². The van der Waals surface area contributed by atoms with E-state index in [0.29, 0.717) is 31.6 Å². The van der Waals surface area contributed by atoms with Gasteiger partial charge in [-0.2, -0.15) is 0 Å². The number of hydrogen-bond acceptors (Lipinski definition) is 3. The summed E-state index contributed by atoms with van der Waals surface area (Å²) in [6.45, 7) is 5.46. The van der Waals surface area contributed by atoms with Crippen molar-refractivity contribution < 1.29 is 14.7 Å². The number of hydrogen-bond donors (Lipinski definition) is 1. The minimum atomic E-state index is -0.971. The molecule has 0 bridgehead atoms. The number of carboxylic acid groups (broad SMARTS) is 1. The second-order valence-corrected chi connectivity index (χ2v) is 5.10. The Bertz CT molecular complexity index is 320. The number of likely N-dealkylation sites (tertiary alicyclic amines) is 1. The van der Waals surface area contributed by atoms with Crippen molar-refractivity contribution in [3.8, 4) is 0 Å². The van der Waals surface area contributed by atoms with E-state index < -0.39 is 5.97 Å². The molecule has 2 amide bonds. The predicted octanol–water partition coefficient (Wildman–Crippen LogP) is 0.395. The summed E-state index contributed by atoms with van der Waals surface area (Å²) in [5, 5.41) is 8.78. The molecular weight excluding hydrogens is 234 g/mol. The van der Waals surface area contributed by atoms with Crippen LogP contribution in [0.5, 0.6) is 0 Å². The maximum Gasteiger partial charge on any atom is 0.323 e. The van der Waals surface area contributed by atoms with Crippen molar-refractivity contribution in [3.05, 3.63) is 0 Å². The Hall–Kier alpha value is -1.30. The molecule has 2 unspecified atom stereocenters. The van der Waals surface area contributed by atoms with Gasteiger partial charge in [0.15, 0.2) is 0 Å². The van der Waals surface area contributed by atoms with Crippen LogP contribution >= 0.6 is 0 Å². The van der Waals surface area contributed by atoms with Crippen molar-refractivity contribution in [2.75, 3.05) is 40.3 Å². The Morgan fingerprint density at radius 2 is 1.94 bits per heavy atom. The van der Waals surface area contributed by atoms with Crippen molar-refractivity contribution in [1.82, 2.24) is 14.7 Å². The van der Waals surface area contributed by atoms with E-state index in [-0.39, 0.29) is 12.6 Å². The Labute approximate surface area is 108 Å². The van der Waals surface area contributed by atoms with Crippen LogP contribution in [-0.4, -0.2) is 78.1 Å². The van der Waals surface area contributed by atoms with Crippen LogP contribution in [0.2, 0.25) is 0 Å². The van der Waals surface area contributed by atoms with Gasteiger partial charge in [0.05, 0.1) is 0 Å². The van der Waals surface area contributed by atoms with Crippen molar-refractivity contribution in [2.24, 2.45) is 5.92 Å². The van der Waals surface area contributed by atoms with Gasteiger partial charge >= 0.3 is 12.0 Å². The highest BCUT2D eigenvalue weighted by atomic mass is 16.4. The Morgan fingerprint density at radius 1 is 1.33 bits per heavy atom. The lowest BCUT2D eigenvalue weighted by atomic mass is 10.1. The van der Waals surface area contributed by atoms with Crippen molar-refractivity contribution in [3.63, 3.8) is 0 Å². The van der Waals surface area contributed by atoms with Crippen molar-refractivity contribution in [1.29, 1.82) is 0 Å². The molecule has 1 aliphatic rings. The van der Waals surface area contributed by atoms with Crippen LogP contribution in [0, 0.1) is 5.92 Å². The minimum Gasteiger partial charge on any atom is -0.480 e. The van der Waals surface area contributed by atoms with Crippen molar-refractivity contribution >= 4 is 12.0 Å². The highest BCUT2D eigenvalue weighted by Crippen LogP contribution is 2.21. The molecule has 6 nitrogen and oxygen atoms in total. The van der Waals surface area contributed by atoms with E-state index in [2.05, 4.69) is 11.8 Å². The zero-order chi connectivity index (χ0) is 13.9. The first-order chi connectivity index (χ1) is 8.36. The zero-order valence-corrected chi connectivity index (χ0v) is 11.6. The summed E-state index contributed by atoms with van der Waals surface area (Å²) in [6.07, 6.45) is 0. The van der Waals surface area contributed by atoms with E-state index >= 15 is 0 Å². The smallest absolute Gasteiger partial charge is 0.323 e. The first kappa shape index (κ1) is 14.8. The molecule has 0 saturated carbocycles. The Kier molecular flexibility index (Phi) is 4.95. The summed E-state index contributed by atoms with van der Waals surface area (Å²) < 4.78 is 0. The number of rotatable bonds is 4. The molecule has 0 spiro atoms. The van der Waals surface area contributed by atoms with Gasteiger partial charge in [-0.15, -0.1) is 0 Å². The minimum absolute atomic E-state index is 0.170. The van der Waals surface area contributed by atoms with E-state index in [1.165, 1.54) is 4.90 Å². The van der Waals surface area contributed by atoms with Crippen LogP contribution in [-0.2, 0) is 4.79 Å². The van der Waals surface area contributed by atoms with Gasteiger partial charge in [0.2, 0.25) is 0 Å². The maximum atomic E-state index is 12.2. The molecule has 6 heteroatoms. The van der Waals surface area contributed by atoms with E-state index in [0.717, 1.165) is 0 Å². The largest absolute Gasteiger partial charge is 0.480 e. The SMILES string of the molecule is CCN(CC(=O)O)C(=O)N1CC(C)C(N(C)C)C1. The molecule has 1 aliphatic heterocycles. The lowest BCUT2D eigenvalue weighted by Crippen LogP contribution is -2.45. The molecule has 1 fully saturated rings. The fraction of sp³-hybridized carbons (Fsp3) is 0.833. The molecule has 0 aliphatic carbocycles. The summed E-state index contributed by atoms with van der Waals surface area (Å²) in [5.41, 5.74) is 0. The molecule has 0 aromatic rings. The molecule has 1 saturated heterocycles. The number of carbonyl (C=O) groups is 2. The lowest BCUT2D eigenvalue weighted by Gasteiger charge is -2.26. The second-order valence-electron chi connectivity index (χ2n) is 5.10. The highest BCUT2D eigenvalue weighted by molar-refractivity contribution is 5.80. The lowest BCUT2D eigenvalue weighted by molar-refractivity contribution is -0.137. The number of carbonyl (C=O) groups excluding carboxylic acids is 1. The van der Waals surface area contributed by atoms with E-state index in [1.54, 1.807) is 11.8 Å². The maximum absolute atomic E-state index is 12.2. The molecule has 1 N–H and O–H groups in total. The zero-order valence-electron chi connectivity index (χ0n) is 11.6. The summed E-state index contributed by atoms with van der Waals surface area (Å²) in [6, 6.07) is 0.175. The number of aliphatic carboxylic acids is 1. The van der Waals surface area contributed by atoms with Crippen LogP contribution in [0.15, 0.2) is 0 Å². The molecule has 18 heavy (non-hydrogen) atoms. The van der Waals surface area contributed by atoms with Crippen LogP contribution in [0.25, 0.3) is 0 Å². The van der Waals surface area contributed by atoms with E-state index in [9.17, 15) is 9.59 Å². The number of likely N-dealkylation sites (N-methyl/N-ethyl adjacent to an activating group) is 2. The quantitative estimate of drug-likeness (QED) is 0.791. The Balaban J connectivity index is 2.65. The standard InChI is InChI=1S/C12H23N3O3/c1-5-14(8-11(16)17)12(18)15-6-9(2)10(7-15)13(3)4/h9-10H,5-8H2,1-4H3,(H,16,17). The highest BCUT2D eigenvalue weighted by Gasteiger charge is 2.35. The molecule has 1 heterocycles. The average Bonchev–Trinajstić information content (AvgIpc) is 2.67. The molecule has 1 rings (SSSR count). The molecule has 0 aromatic carbocycles. The van der Waals surface area contributed by atoms with Gasteiger partial charge in [-0.25, -0.2) is 4.79 Å². The monoisotopic (exact) mass is 257 g/mol. The Morgan fingerprint density at radius 3 is 2.33 bits per heavy atom. The third kappa shape index (κ3) is 3.35. The molecule has 2 atom stereocenters. The summed E-state index contributed by atoms with van der Waals surface area (Å²) in [7, 11) is 4.01. The van der Waals surface area contributed by atoms with E-state index in [1.807, 2.05) is 14.1 Å². The summed E-state index contributed by atoms with van der Waals surface area (Å²) in [5.74, 6) is -0.561. The van der Waals surface area contributed by atoms with E-state index in [4.69, 9.17) is 5.11 Å². The number of urea groups is 1. The van der Waals surface area contributed by atoms with Gasteiger partial charge in [0.25, 0.3) is 0 Å². The van der Waals surface area contributed by atoms with Gasteiger partial charge in [-0.3, -0.25) is 4.79 Å². The van der Waals surface area contributed by atoms with Crippen LogP contribution in [0.3, 0.4) is 0 Å². The fourth-order valence-electron chi connectivity index (χ4n) is 2.46. The average molecular weight is 257 g/mol. The topological polar surface area (TPSA) is 64.1 Å². The van der Waals surface area contributed by atoms with Gasteiger partial charge in [-0.05, 0) is 26.9 Å². The third-order valence-corrected chi connectivity index (χ3v) is 3.48. The van der Waals surface area contributed by atoms with Gasteiger partial charge in [0, 0.05) is 25.7 Å². The summed E-state index contributed by atoms with van der Waals surface area (Å²) >= 11 is 0. The first-order valence-corrected chi connectivity index (χ1v) is 6.28. The number of nitrogens with zero attached hydrogens (tertiary/aromatic N) is 3. The molecular formula is C12H23N3O3. The first-order valence-electron chi connectivity index (χ1n) is 6.28. The predicted molar refractivity (Wildman–Crippen MR) is 68.5 cm³/mol. The number of amides is 2. The molecule has 104 valence electrons. The number of carboxylic acids is 1. The van der Waals surface area contributed by atoms with Crippen LogP contribution in [0.4, 0.5) is 4.79 Å². The fourth-order valence-corrected chi connectivity index (χ4v) is 2.46. The third-order valence-electron chi connectivity index (χ3n) is 3.48. The van der Waals surface area contributed by atoms with Gasteiger partial charge in [-0.1, -0.05) is 6.92 Å². The molecule has 0 radical (unpaired) electrons. The van der Waals surface area contributed by atoms with Crippen molar-refractivity contribution in [2.45, 2.75) is 19.9 Å². The van der Waals surface area contributed by atoms with Gasteiger partial charge < -0.3 is 19.8 Å². The van der Waals surface area contributed by atoms with Gasteiger partial charge in [0.1, 0.15) is 6.54 Å². The second kappa shape index (κ2) is 6.04. The summed E-state index contributed by atoms with van der Waals surface area (Å²) in [4.78, 5) is 28.1. The molecule has 0 aromatic heterocycles. The normalized spacial score (nSPS) is 23.5. The van der Waals surface area contributed by atoms with Crippen LogP contribution < -0.4 is 0 Å².